The number of hydrogen-bond donors (Lipinski definition) is 4. The van der Waals surface area contributed by atoms with Crippen LogP contribution < -0.4 is 22.6 Å². The summed E-state index contributed by atoms with van der Waals surface area (Å²) in [6, 6.07) is 72.7. The summed E-state index contributed by atoms with van der Waals surface area (Å²) in [4.78, 5) is 5.00. The van der Waals surface area contributed by atoms with Gasteiger partial charge in [0.2, 0.25) is 0 Å². The number of nitrogens with zero attached hydrogens (tertiary/aromatic N) is 2. The number of nitrogens with two attached hydrogens (primary N) is 3. The molecule has 0 aliphatic heterocycles. The molecule has 0 saturated carbocycles. The van der Waals surface area contributed by atoms with Crippen LogP contribution in [0.1, 0.15) is 39.9 Å². The van der Waals surface area contributed by atoms with Crippen LogP contribution in [-0.4, -0.2) is 11.7 Å². The van der Waals surface area contributed by atoms with Crippen LogP contribution >= 0.6 is 0 Å². The standard InChI is InChI=1S/C55H46N6/c56-52(40-12-4-1-5-13-40)53(60-54(57)42-14-6-2-7-15-42)41-28-26-39(27-29-41)45-31-33-49-47(35-45)19-11-21-51(49)50-20-10-18-46-34-44(30-32-48(46)50)38-24-22-37(23-25-38)36-59-61-55(58)43-16-8-3-9-17-43/h1-35,52-53,59H,36,56H2,(H2,57,60)(H2,58,61)/t52-,53?/m0/s1. The van der Waals surface area contributed by atoms with Gasteiger partial charge in [-0.15, -0.1) is 0 Å². The summed E-state index contributed by atoms with van der Waals surface area (Å²) in [5, 5.41) is 9.14. The normalized spacial score (nSPS) is 12.9. The van der Waals surface area contributed by atoms with Crippen molar-refractivity contribution in [3.8, 4) is 33.4 Å². The lowest BCUT2D eigenvalue weighted by atomic mass is 9.90. The van der Waals surface area contributed by atoms with Gasteiger partial charge in [-0.2, -0.15) is 5.10 Å². The molecular formula is C55H46N6. The van der Waals surface area contributed by atoms with E-state index >= 15 is 0 Å². The summed E-state index contributed by atoms with van der Waals surface area (Å²) in [6.45, 7) is 0.583. The number of fused-ring (bicyclic) bond motifs is 2. The van der Waals surface area contributed by atoms with Gasteiger partial charge in [0.15, 0.2) is 5.84 Å². The quantitative estimate of drug-likeness (QED) is 0.0560. The summed E-state index contributed by atoms with van der Waals surface area (Å²) in [5.74, 6) is 0.931. The molecule has 0 radical (unpaired) electrons. The van der Waals surface area contributed by atoms with Crippen molar-refractivity contribution in [2.24, 2.45) is 27.3 Å². The largest absolute Gasteiger partial charge is 0.383 e. The Morgan fingerprint density at radius 1 is 0.443 bits per heavy atom. The van der Waals surface area contributed by atoms with Crippen LogP contribution in [0.4, 0.5) is 0 Å². The number of rotatable bonds is 12. The number of benzene rings is 9. The third-order valence-electron chi connectivity index (χ3n) is 11.3. The minimum atomic E-state index is -0.374. The van der Waals surface area contributed by atoms with Crippen LogP contribution in [0, 0.1) is 0 Å². The zero-order valence-corrected chi connectivity index (χ0v) is 33.7. The van der Waals surface area contributed by atoms with Crippen LogP contribution in [-0.2, 0) is 6.54 Å². The molecule has 9 aromatic carbocycles. The van der Waals surface area contributed by atoms with Crippen molar-refractivity contribution in [2.75, 3.05) is 0 Å². The van der Waals surface area contributed by atoms with Crippen LogP contribution in [0.3, 0.4) is 0 Å². The number of hydrogen-bond acceptors (Lipinski definition) is 4. The van der Waals surface area contributed by atoms with Gasteiger partial charge in [0.05, 0.1) is 18.6 Å². The maximum atomic E-state index is 6.91. The molecule has 9 rings (SSSR count). The second kappa shape index (κ2) is 17.6. The van der Waals surface area contributed by atoms with E-state index in [-0.39, 0.29) is 12.1 Å². The Bertz CT molecular complexity index is 2980. The van der Waals surface area contributed by atoms with Gasteiger partial charge in [0.1, 0.15) is 5.84 Å². The molecule has 1 unspecified atom stereocenters. The van der Waals surface area contributed by atoms with E-state index in [1.165, 1.54) is 38.2 Å². The number of amidine groups is 2. The molecule has 7 N–H and O–H groups in total. The third-order valence-corrected chi connectivity index (χ3v) is 11.3. The Morgan fingerprint density at radius 3 is 1.46 bits per heavy atom. The Labute approximate surface area is 356 Å². The maximum absolute atomic E-state index is 6.91. The first-order valence-electron chi connectivity index (χ1n) is 20.5. The van der Waals surface area contributed by atoms with Gasteiger partial charge in [-0.3, -0.25) is 4.99 Å². The number of aliphatic imine (C=N–C) groups is 1. The second-order valence-electron chi connectivity index (χ2n) is 15.3. The average Bonchev–Trinajstić information content (AvgIpc) is 3.33. The molecule has 0 amide bonds. The summed E-state index contributed by atoms with van der Waals surface area (Å²) in [6.07, 6.45) is 0. The van der Waals surface area contributed by atoms with Crippen molar-refractivity contribution in [3.05, 3.63) is 240 Å². The first-order chi connectivity index (χ1) is 30.0. The summed E-state index contributed by atoms with van der Waals surface area (Å²) in [5.41, 5.74) is 34.6. The van der Waals surface area contributed by atoms with Gasteiger partial charge in [-0.05, 0) is 83.7 Å². The summed E-state index contributed by atoms with van der Waals surface area (Å²) in [7, 11) is 0. The molecule has 0 spiro atoms. The Balaban J connectivity index is 0.952. The lowest BCUT2D eigenvalue weighted by molar-refractivity contribution is 0.577. The lowest BCUT2D eigenvalue weighted by Crippen LogP contribution is -2.23. The zero-order chi connectivity index (χ0) is 41.5. The van der Waals surface area contributed by atoms with Gasteiger partial charge >= 0.3 is 0 Å². The van der Waals surface area contributed by atoms with Gasteiger partial charge in [-0.25, -0.2) is 0 Å². The monoisotopic (exact) mass is 790 g/mol. The second-order valence-corrected chi connectivity index (χ2v) is 15.3. The highest BCUT2D eigenvalue weighted by atomic mass is 15.3. The fourth-order valence-corrected chi connectivity index (χ4v) is 8.03. The van der Waals surface area contributed by atoms with Gasteiger partial charge in [0, 0.05) is 11.1 Å². The van der Waals surface area contributed by atoms with E-state index in [2.05, 4.69) is 132 Å². The lowest BCUT2D eigenvalue weighted by Gasteiger charge is -2.22. The van der Waals surface area contributed by atoms with E-state index in [9.17, 15) is 0 Å². The minimum absolute atomic E-state index is 0.368. The number of hydrazone groups is 1. The van der Waals surface area contributed by atoms with Crippen LogP contribution in [0.15, 0.2) is 222 Å². The van der Waals surface area contributed by atoms with E-state index in [1.54, 1.807) is 0 Å². The molecule has 0 aliphatic carbocycles. The van der Waals surface area contributed by atoms with Crippen molar-refractivity contribution in [1.82, 2.24) is 5.43 Å². The highest BCUT2D eigenvalue weighted by Gasteiger charge is 2.22. The molecule has 61 heavy (non-hydrogen) atoms. The molecule has 296 valence electrons. The van der Waals surface area contributed by atoms with E-state index in [0.29, 0.717) is 18.2 Å². The molecule has 0 fully saturated rings. The maximum Gasteiger partial charge on any atom is 0.150 e. The minimum Gasteiger partial charge on any atom is -0.383 e. The predicted octanol–water partition coefficient (Wildman–Crippen LogP) is 11.6. The van der Waals surface area contributed by atoms with Crippen molar-refractivity contribution in [2.45, 2.75) is 18.6 Å². The predicted molar refractivity (Wildman–Crippen MR) is 255 cm³/mol. The molecule has 0 saturated heterocycles. The van der Waals surface area contributed by atoms with E-state index in [1.807, 2.05) is 91.0 Å². The first-order valence-corrected chi connectivity index (χ1v) is 20.5. The number of nitrogens with one attached hydrogen (secondary N) is 1. The molecule has 9 aromatic rings. The van der Waals surface area contributed by atoms with Crippen LogP contribution in [0.25, 0.3) is 54.9 Å². The van der Waals surface area contributed by atoms with E-state index in [0.717, 1.165) is 44.5 Å². The smallest absolute Gasteiger partial charge is 0.150 e. The fourth-order valence-electron chi connectivity index (χ4n) is 8.03. The first kappa shape index (κ1) is 38.7. The van der Waals surface area contributed by atoms with Crippen molar-refractivity contribution >= 4 is 33.2 Å². The molecule has 0 aromatic heterocycles. The third kappa shape index (κ3) is 8.53. The van der Waals surface area contributed by atoms with E-state index in [4.69, 9.17) is 22.2 Å². The van der Waals surface area contributed by atoms with Crippen molar-refractivity contribution in [3.63, 3.8) is 0 Å². The molecule has 2 atom stereocenters. The molecule has 0 bridgehead atoms. The van der Waals surface area contributed by atoms with Crippen molar-refractivity contribution in [1.29, 1.82) is 0 Å². The molecule has 0 aliphatic rings. The molecular weight excluding hydrogens is 745 g/mol. The summed E-state index contributed by atoms with van der Waals surface area (Å²) < 4.78 is 0. The Hall–Kier alpha value is -7.80. The molecule has 0 heterocycles. The SMILES string of the molecule is NC(=NNCc1ccc(-c2ccc3c(-c4cccc5cc(-c6ccc(C(N=C(N)c7ccccc7)[C@@H](N)c7ccccc7)cc6)ccc45)cccc3c2)cc1)c1ccccc1. The molecule has 6 heteroatoms. The highest BCUT2D eigenvalue weighted by molar-refractivity contribution is 6.07. The Morgan fingerprint density at radius 2 is 0.918 bits per heavy atom. The van der Waals surface area contributed by atoms with E-state index < -0.39 is 0 Å². The zero-order valence-electron chi connectivity index (χ0n) is 33.7. The van der Waals surface area contributed by atoms with Crippen molar-refractivity contribution < 1.29 is 0 Å². The average molecular weight is 791 g/mol. The fraction of sp³-hybridized carbons (Fsp3) is 0.0545. The topological polar surface area (TPSA) is 115 Å². The Kier molecular flexibility index (Phi) is 11.2. The molecule has 6 nitrogen and oxygen atoms in total. The highest BCUT2D eigenvalue weighted by Crippen LogP contribution is 2.38. The van der Waals surface area contributed by atoms with Crippen LogP contribution in [0.5, 0.6) is 0 Å². The van der Waals surface area contributed by atoms with Crippen LogP contribution in [0.2, 0.25) is 0 Å². The van der Waals surface area contributed by atoms with Gasteiger partial charge in [-0.1, -0.05) is 200 Å². The van der Waals surface area contributed by atoms with Gasteiger partial charge in [0.25, 0.3) is 0 Å². The van der Waals surface area contributed by atoms with Gasteiger partial charge < -0.3 is 22.6 Å². The summed E-state index contributed by atoms with van der Waals surface area (Å²) >= 11 is 0.